The number of esters is 2. The van der Waals surface area contributed by atoms with Crippen molar-refractivity contribution in [2.75, 3.05) is 19.5 Å². The Bertz CT molecular complexity index is 607. The lowest BCUT2D eigenvalue weighted by Crippen LogP contribution is -2.19. The Hall–Kier alpha value is -2.58. The number of hydrogen-bond donors (Lipinski definition) is 0. The molecule has 0 aliphatic heterocycles. The van der Waals surface area contributed by atoms with Gasteiger partial charge in [-0.3, -0.25) is 4.79 Å². The van der Waals surface area contributed by atoms with E-state index in [9.17, 15) is 14.4 Å². The van der Waals surface area contributed by atoms with Crippen molar-refractivity contribution in [1.29, 1.82) is 0 Å². The zero-order chi connectivity index (χ0) is 17.8. The maximum absolute atomic E-state index is 11.8. The van der Waals surface area contributed by atoms with Gasteiger partial charge in [-0.15, -0.1) is 11.8 Å². The standard InChI is InChI=1S/C16H16O7S/c1-3-14(17)20-8-10-22-23-11-9-21-16(19)15(18)12-4-6-13(24-2)7-5-12/h3-8,10H,1,9,11H2,2H3. The molecule has 0 aliphatic rings. The summed E-state index contributed by atoms with van der Waals surface area (Å²) in [5, 5.41) is 0. The molecule has 0 unspecified atom stereocenters. The van der Waals surface area contributed by atoms with Gasteiger partial charge in [0.05, 0.1) is 0 Å². The van der Waals surface area contributed by atoms with Crippen molar-refractivity contribution in [3.05, 3.63) is 55.0 Å². The molecule has 8 heteroatoms. The van der Waals surface area contributed by atoms with Crippen LogP contribution in [0, 0.1) is 0 Å². The summed E-state index contributed by atoms with van der Waals surface area (Å²) in [7, 11) is 0. The van der Waals surface area contributed by atoms with Gasteiger partial charge < -0.3 is 14.4 Å². The number of ketones is 1. The molecule has 0 aromatic heterocycles. The van der Waals surface area contributed by atoms with E-state index in [0.717, 1.165) is 23.5 Å². The topological polar surface area (TPSA) is 88.1 Å². The number of carbonyl (C=O) groups is 3. The first kappa shape index (κ1) is 19.5. The van der Waals surface area contributed by atoms with Gasteiger partial charge in [0.1, 0.15) is 19.5 Å². The smallest absolute Gasteiger partial charge is 0.379 e. The first-order chi connectivity index (χ1) is 11.6. The lowest BCUT2D eigenvalue weighted by Gasteiger charge is -2.04. The summed E-state index contributed by atoms with van der Waals surface area (Å²) in [6, 6.07) is 6.61. The third-order valence-electron chi connectivity index (χ3n) is 2.47. The summed E-state index contributed by atoms with van der Waals surface area (Å²) < 4.78 is 9.21. The summed E-state index contributed by atoms with van der Waals surface area (Å²) in [4.78, 5) is 44.2. The Morgan fingerprint density at radius 2 is 1.83 bits per heavy atom. The summed E-state index contributed by atoms with van der Waals surface area (Å²) in [6.45, 7) is 2.92. The summed E-state index contributed by atoms with van der Waals surface area (Å²) >= 11 is 1.53. The van der Waals surface area contributed by atoms with Crippen LogP contribution in [0.5, 0.6) is 0 Å². The lowest BCUT2D eigenvalue weighted by atomic mass is 10.1. The molecule has 0 fully saturated rings. The normalized spacial score (nSPS) is 10.2. The van der Waals surface area contributed by atoms with E-state index in [2.05, 4.69) is 21.1 Å². The second-order valence-corrected chi connectivity index (χ2v) is 4.90. The molecular weight excluding hydrogens is 336 g/mol. The van der Waals surface area contributed by atoms with Crippen LogP contribution in [0.2, 0.25) is 0 Å². The van der Waals surface area contributed by atoms with Gasteiger partial charge in [-0.2, -0.15) is 4.89 Å². The second-order valence-electron chi connectivity index (χ2n) is 4.02. The zero-order valence-electron chi connectivity index (χ0n) is 12.9. The van der Waals surface area contributed by atoms with Crippen molar-refractivity contribution in [1.82, 2.24) is 0 Å². The number of ether oxygens (including phenoxy) is 2. The molecule has 0 saturated heterocycles. The highest BCUT2D eigenvalue weighted by atomic mass is 32.2. The lowest BCUT2D eigenvalue weighted by molar-refractivity contribution is -0.255. The number of thioether (sulfide) groups is 1. The van der Waals surface area contributed by atoms with Gasteiger partial charge in [-0.1, -0.05) is 6.58 Å². The molecule has 1 aromatic carbocycles. The zero-order valence-corrected chi connectivity index (χ0v) is 13.7. The molecule has 7 nitrogen and oxygen atoms in total. The van der Waals surface area contributed by atoms with E-state index in [1.54, 1.807) is 24.3 Å². The minimum absolute atomic E-state index is 0.107. The Labute approximate surface area is 143 Å². The van der Waals surface area contributed by atoms with Crippen molar-refractivity contribution in [3.63, 3.8) is 0 Å². The Morgan fingerprint density at radius 1 is 1.12 bits per heavy atom. The largest absolute Gasteiger partial charge is 0.457 e. The molecule has 0 saturated carbocycles. The molecule has 0 N–H and O–H groups in total. The highest BCUT2D eigenvalue weighted by Gasteiger charge is 2.17. The van der Waals surface area contributed by atoms with Crippen LogP contribution in [0.4, 0.5) is 0 Å². The molecule has 0 heterocycles. The fraction of sp³-hybridized carbons (Fsp3) is 0.188. The van der Waals surface area contributed by atoms with Gasteiger partial charge in [0.2, 0.25) is 0 Å². The molecule has 0 spiro atoms. The number of rotatable bonds is 10. The fourth-order valence-corrected chi connectivity index (χ4v) is 1.76. The number of hydrogen-bond acceptors (Lipinski definition) is 8. The van der Waals surface area contributed by atoms with Crippen LogP contribution in [-0.4, -0.2) is 37.2 Å². The molecule has 1 aromatic rings. The fourth-order valence-electron chi connectivity index (χ4n) is 1.35. The van der Waals surface area contributed by atoms with E-state index in [1.807, 2.05) is 6.26 Å². The molecule has 128 valence electrons. The van der Waals surface area contributed by atoms with Gasteiger partial charge in [0.15, 0.2) is 6.26 Å². The van der Waals surface area contributed by atoms with Gasteiger partial charge in [-0.25, -0.2) is 9.59 Å². The van der Waals surface area contributed by atoms with Crippen molar-refractivity contribution < 1.29 is 33.6 Å². The van der Waals surface area contributed by atoms with Crippen molar-refractivity contribution in [2.45, 2.75) is 4.90 Å². The maximum Gasteiger partial charge on any atom is 0.379 e. The molecule has 0 amide bonds. The molecule has 24 heavy (non-hydrogen) atoms. The van der Waals surface area contributed by atoms with Gasteiger partial charge in [0.25, 0.3) is 5.78 Å². The second kappa shape index (κ2) is 11.0. The van der Waals surface area contributed by atoms with Crippen molar-refractivity contribution >= 4 is 29.5 Å². The third-order valence-corrected chi connectivity index (χ3v) is 3.21. The number of carbonyl (C=O) groups excluding carboxylic acids is 3. The van der Waals surface area contributed by atoms with Crippen LogP contribution >= 0.6 is 11.8 Å². The molecule has 0 bridgehead atoms. The van der Waals surface area contributed by atoms with E-state index >= 15 is 0 Å². The average Bonchev–Trinajstić information content (AvgIpc) is 2.62. The minimum Gasteiger partial charge on any atom is -0.457 e. The first-order valence-electron chi connectivity index (χ1n) is 6.70. The van der Waals surface area contributed by atoms with Crippen LogP contribution in [0.3, 0.4) is 0 Å². The number of Topliss-reactive ketones (excluding diaryl/α,β-unsaturated/α-hetero) is 1. The van der Waals surface area contributed by atoms with E-state index in [1.165, 1.54) is 11.8 Å². The minimum atomic E-state index is -0.981. The molecule has 0 radical (unpaired) electrons. The van der Waals surface area contributed by atoms with E-state index in [-0.39, 0.29) is 18.8 Å². The van der Waals surface area contributed by atoms with Crippen LogP contribution in [0.15, 0.2) is 54.3 Å². The predicted octanol–water partition coefficient (Wildman–Crippen LogP) is 2.28. The Balaban J connectivity index is 2.22. The molecule has 0 aliphatic carbocycles. The van der Waals surface area contributed by atoms with Gasteiger partial charge in [-0.05, 0) is 30.5 Å². The summed E-state index contributed by atoms with van der Waals surface area (Å²) in [5.74, 6) is -2.36. The van der Waals surface area contributed by atoms with Crippen molar-refractivity contribution in [2.24, 2.45) is 0 Å². The maximum atomic E-state index is 11.8. The van der Waals surface area contributed by atoms with Gasteiger partial charge in [0, 0.05) is 16.5 Å². The summed E-state index contributed by atoms with van der Waals surface area (Å²) in [6.07, 6.45) is 4.82. The first-order valence-corrected chi connectivity index (χ1v) is 7.92. The Kier molecular flexibility index (Phi) is 8.95. The number of benzene rings is 1. The van der Waals surface area contributed by atoms with Crippen LogP contribution in [0.1, 0.15) is 10.4 Å². The van der Waals surface area contributed by atoms with Crippen molar-refractivity contribution in [3.8, 4) is 0 Å². The van der Waals surface area contributed by atoms with E-state index < -0.39 is 17.7 Å². The SMILES string of the molecule is C=CC(=O)OC=COOCCOC(=O)C(=O)c1ccc(SC)cc1. The predicted molar refractivity (Wildman–Crippen MR) is 86.0 cm³/mol. The summed E-state index contributed by atoms with van der Waals surface area (Å²) in [5.41, 5.74) is 0.252. The van der Waals surface area contributed by atoms with E-state index in [0.29, 0.717) is 0 Å². The van der Waals surface area contributed by atoms with Crippen LogP contribution in [-0.2, 0) is 28.8 Å². The highest BCUT2D eigenvalue weighted by Crippen LogP contribution is 2.15. The molecular formula is C16H16O7S. The highest BCUT2D eigenvalue weighted by molar-refractivity contribution is 7.98. The Morgan fingerprint density at radius 3 is 2.46 bits per heavy atom. The van der Waals surface area contributed by atoms with Crippen LogP contribution < -0.4 is 0 Å². The quantitative estimate of drug-likeness (QED) is 0.0729. The monoisotopic (exact) mass is 352 g/mol. The van der Waals surface area contributed by atoms with Gasteiger partial charge >= 0.3 is 11.9 Å². The van der Waals surface area contributed by atoms with Crippen LogP contribution in [0.25, 0.3) is 0 Å². The molecule has 1 rings (SSSR count). The average molecular weight is 352 g/mol. The molecule has 0 atom stereocenters. The third kappa shape index (κ3) is 7.12. The van der Waals surface area contributed by atoms with E-state index in [4.69, 9.17) is 4.74 Å².